The van der Waals surface area contributed by atoms with Gasteiger partial charge in [-0.05, 0) is 12.1 Å². The summed E-state index contributed by atoms with van der Waals surface area (Å²) >= 11 is 0. The molecule has 2 rings (SSSR count). The monoisotopic (exact) mass is 286 g/mol. The smallest absolute Gasteiger partial charge is 0.300 e. The molecule has 0 aliphatic heterocycles. The lowest BCUT2D eigenvalue weighted by atomic mass is 10.2. The van der Waals surface area contributed by atoms with Crippen LogP contribution in [0.1, 0.15) is 10.4 Å². The van der Waals surface area contributed by atoms with Gasteiger partial charge in [-0.1, -0.05) is 18.2 Å². The minimum atomic E-state index is -0.613. The van der Waals surface area contributed by atoms with Crippen molar-refractivity contribution in [3.63, 3.8) is 0 Å². The zero-order valence-electron chi connectivity index (χ0n) is 11.6. The normalized spacial score (nSPS) is 10.0. The van der Waals surface area contributed by atoms with Crippen LogP contribution in [0.3, 0.4) is 0 Å². The molecule has 0 bridgehead atoms. The minimum absolute atomic E-state index is 0.00861. The summed E-state index contributed by atoms with van der Waals surface area (Å²) in [4.78, 5) is 28.2. The lowest BCUT2D eigenvalue weighted by Crippen LogP contribution is -2.27. The van der Waals surface area contributed by atoms with Crippen LogP contribution in [0.2, 0.25) is 0 Å². The number of nitrogens with one attached hydrogen (secondary N) is 1. The van der Waals surface area contributed by atoms with Gasteiger partial charge < -0.3 is 10.2 Å². The first-order valence-electron chi connectivity index (χ1n) is 6.20. The van der Waals surface area contributed by atoms with Crippen LogP contribution >= 0.6 is 0 Å². The molecule has 0 unspecified atom stereocenters. The van der Waals surface area contributed by atoms with Gasteiger partial charge in [0.2, 0.25) is 0 Å². The molecule has 1 N–H and O–H groups in total. The SMILES string of the molecule is CNc1cc(C(=O)N(C)c2ccccc2)c([N+](=O)[O-])cn1. The molecule has 0 fully saturated rings. The molecule has 1 aromatic carbocycles. The van der Waals surface area contributed by atoms with Crippen molar-refractivity contribution in [2.24, 2.45) is 0 Å². The van der Waals surface area contributed by atoms with E-state index in [1.165, 1.54) is 11.0 Å². The number of anilines is 2. The standard InChI is InChI=1S/C14H14N4O3/c1-15-13-8-11(12(9-16-13)18(20)21)14(19)17(2)10-6-4-3-5-7-10/h3-9H,1-2H3,(H,15,16). The maximum absolute atomic E-state index is 12.5. The van der Waals surface area contributed by atoms with Gasteiger partial charge in [0.15, 0.2) is 0 Å². The fourth-order valence-corrected chi connectivity index (χ4v) is 1.85. The van der Waals surface area contributed by atoms with Crippen molar-refractivity contribution in [3.05, 3.63) is 58.3 Å². The van der Waals surface area contributed by atoms with E-state index in [1.807, 2.05) is 6.07 Å². The van der Waals surface area contributed by atoms with Crippen molar-refractivity contribution < 1.29 is 9.72 Å². The Morgan fingerprint density at radius 1 is 1.33 bits per heavy atom. The Kier molecular flexibility index (Phi) is 4.13. The first-order valence-corrected chi connectivity index (χ1v) is 6.20. The zero-order chi connectivity index (χ0) is 15.4. The summed E-state index contributed by atoms with van der Waals surface area (Å²) in [5.41, 5.74) is 0.326. The molecule has 0 aliphatic carbocycles. The van der Waals surface area contributed by atoms with E-state index in [4.69, 9.17) is 0 Å². The summed E-state index contributed by atoms with van der Waals surface area (Å²) in [6.45, 7) is 0. The Hall–Kier alpha value is -2.96. The number of nitro groups is 1. The summed E-state index contributed by atoms with van der Waals surface area (Å²) in [5, 5.41) is 13.8. The Morgan fingerprint density at radius 2 is 2.00 bits per heavy atom. The molecule has 0 atom stereocenters. The van der Waals surface area contributed by atoms with Gasteiger partial charge in [0.1, 0.15) is 17.6 Å². The Labute approximate surface area is 121 Å². The Morgan fingerprint density at radius 3 is 2.57 bits per heavy atom. The fraction of sp³-hybridized carbons (Fsp3) is 0.143. The van der Waals surface area contributed by atoms with Crippen molar-refractivity contribution in [1.82, 2.24) is 4.98 Å². The van der Waals surface area contributed by atoms with E-state index < -0.39 is 10.8 Å². The third kappa shape index (κ3) is 2.97. The van der Waals surface area contributed by atoms with Crippen LogP contribution in [-0.2, 0) is 0 Å². The second kappa shape index (κ2) is 6.00. The number of pyridine rings is 1. The van der Waals surface area contributed by atoms with Crippen molar-refractivity contribution in [2.75, 3.05) is 24.3 Å². The van der Waals surface area contributed by atoms with E-state index in [1.54, 1.807) is 38.4 Å². The number of para-hydroxylation sites is 1. The number of nitrogens with zero attached hydrogens (tertiary/aromatic N) is 3. The number of aromatic nitrogens is 1. The highest BCUT2D eigenvalue weighted by Gasteiger charge is 2.24. The van der Waals surface area contributed by atoms with E-state index in [0.717, 1.165) is 6.20 Å². The van der Waals surface area contributed by atoms with Crippen LogP contribution in [0.5, 0.6) is 0 Å². The maximum Gasteiger partial charge on any atom is 0.300 e. The van der Waals surface area contributed by atoms with Crippen molar-refractivity contribution in [1.29, 1.82) is 0 Å². The number of hydrogen-bond donors (Lipinski definition) is 1. The van der Waals surface area contributed by atoms with Crippen LogP contribution in [0.4, 0.5) is 17.2 Å². The van der Waals surface area contributed by atoms with Gasteiger partial charge in [0.25, 0.3) is 11.6 Å². The summed E-state index contributed by atoms with van der Waals surface area (Å²) in [6, 6.07) is 10.3. The van der Waals surface area contributed by atoms with Crippen LogP contribution in [0, 0.1) is 10.1 Å². The molecule has 21 heavy (non-hydrogen) atoms. The third-order valence-electron chi connectivity index (χ3n) is 3.01. The minimum Gasteiger partial charge on any atom is -0.373 e. The van der Waals surface area contributed by atoms with Crippen molar-refractivity contribution >= 4 is 23.1 Å². The second-order valence-corrected chi connectivity index (χ2v) is 4.29. The average molecular weight is 286 g/mol. The first-order chi connectivity index (χ1) is 10.0. The molecule has 1 aromatic heterocycles. The molecule has 0 aliphatic rings. The van der Waals surface area contributed by atoms with Crippen molar-refractivity contribution in [3.8, 4) is 0 Å². The van der Waals surface area contributed by atoms with E-state index in [2.05, 4.69) is 10.3 Å². The molecule has 7 heteroatoms. The number of benzene rings is 1. The van der Waals surface area contributed by atoms with E-state index in [9.17, 15) is 14.9 Å². The number of rotatable bonds is 4. The summed E-state index contributed by atoms with van der Waals surface area (Å²) in [6.07, 6.45) is 1.08. The van der Waals surface area contributed by atoms with Crippen molar-refractivity contribution in [2.45, 2.75) is 0 Å². The Bertz CT molecular complexity index is 673. The quantitative estimate of drug-likeness (QED) is 0.688. The topological polar surface area (TPSA) is 88.4 Å². The van der Waals surface area contributed by atoms with Gasteiger partial charge in [-0.2, -0.15) is 0 Å². The van der Waals surface area contributed by atoms with Gasteiger partial charge in [-0.15, -0.1) is 0 Å². The predicted octanol–water partition coefficient (Wildman–Crippen LogP) is 2.31. The highest BCUT2D eigenvalue weighted by molar-refractivity contribution is 6.08. The van der Waals surface area contributed by atoms with Crippen LogP contribution in [0.15, 0.2) is 42.6 Å². The third-order valence-corrected chi connectivity index (χ3v) is 3.01. The van der Waals surface area contributed by atoms with Crippen LogP contribution < -0.4 is 10.2 Å². The van der Waals surface area contributed by atoms with E-state index in [-0.39, 0.29) is 11.3 Å². The lowest BCUT2D eigenvalue weighted by Gasteiger charge is -2.17. The fourth-order valence-electron chi connectivity index (χ4n) is 1.85. The molecule has 0 saturated heterocycles. The van der Waals surface area contributed by atoms with Gasteiger partial charge in [-0.25, -0.2) is 4.98 Å². The molecule has 0 spiro atoms. The van der Waals surface area contributed by atoms with Crippen LogP contribution in [-0.4, -0.2) is 29.9 Å². The number of carbonyl (C=O) groups is 1. The molecular formula is C14H14N4O3. The highest BCUT2D eigenvalue weighted by Crippen LogP contribution is 2.23. The number of hydrogen-bond acceptors (Lipinski definition) is 5. The summed E-state index contributed by atoms with van der Waals surface area (Å²) in [7, 11) is 3.20. The molecule has 2 aromatic rings. The molecule has 1 amide bonds. The molecule has 0 radical (unpaired) electrons. The van der Waals surface area contributed by atoms with E-state index >= 15 is 0 Å². The number of amides is 1. The second-order valence-electron chi connectivity index (χ2n) is 4.29. The van der Waals surface area contributed by atoms with E-state index in [0.29, 0.717) is 11.5 Å². The summed E-state index contributed by atoms with van der Waals surface area (Å²) in [5.74, 6) is -0.0720. The molecule has 1 heterocycles. The molecule has 108 valence electrons. The molecule has 0 saturated carbocycles. The predicted molar refractivity (Wildman–Crippen MR) is 79.6 cm³/mol. The highest BCUT2D eigenvalue weighted by atomic mass is 16.6. The van der Waals surface area contributed by atoms with Gasteiger partial charge in [0.05, 0.1) is 4.92 Å². The maximum atomic E-state index is 12.5. The van der Waals surface area contributed by atoms with Gasteiger partial charge in [-0.3, -0.25) is 14.9 Å². The Balaban J connectivity index is 2.44. The largest absolute Gasteiger partial charge is 0.373 e. The average Bonchev–Trinajstić information content (AvgIpc) is 2.53. The number of carbonyl (C=O) groups excluding carboxylic acids is 1. The van der Waals surface area contributed by atoms with Gasteiger partial charge >= 0.3 is 0 Å². The van der Waals surface area contributed by atoms with Gasteiger partial charge in [0, 0.05) is 25.8 Å². The lowest BCUT2D eigenvalue weighted by molar-refractivity contribution is -0.385. The molecular weight excluding hydrogens is 272 g/mol. The first kappa shape index (κ1) is 14.4. The zero-order valence-corrected chi connectivity index (χ0v) is 11.6. The summed E-state index contributed by atoms with van der Waals surface area (Å²) < 4.78 is 0. The van der Waals surface area contributed by atoms with Crippen LogP contribution in [0.25, 0.3) is 0 Å². The molecule has 7 nitrogen and oxygen atoms in total.